The van der Waals surface area contributed by atoms with Gasteiger partial charge in [-0.05, 0) is 0 Å². The molecule has 0 radical (unpaired) electrons. The molecule has 0 spiro atoms. The van der Waals surface area contributed by atoms with Gasteiger partial charge in [-0.25, -0.2) is 4.79 Å². The number of alkyl halides is 1. The lowest BCUT2D eigenvalue weighted by molar-refractivity contribution is -0.198. The van der Waals surface area contributed by atoms with Crippen molar-refractivity contribution < 1.29 is 33.5 Å². The smallest absolute Gasteiger partial charge is 0.335 e. The monoisotopic (exact) mass is 351 g/mol. The van der Waals surface area contributed by atoms with Gasteiger partial charge in [0.15, 0.2) is 0 Å². The number of halogens is 1. The van der Waals surface area contributed by atoms with Crippen molar-refractivity contribution in [1.82, 2.24) is 5.06 Å². The molecule has 0 bridgehead atoms. The van der Waals surface area contributed by atoms with Gasteiger partial charge in [0, 0.05) is 12.8 Å². The minimum absolute atomic E-state index is 0.0426. The van der Waals surface area contributed by atoms with Gasteiger partial charge in [-0.15, -0.1) is 5.06 Å². The van der Waals surface area contributed by atoms with Crippen molar-refractivity contribution >= 4 is 39.7 Å². The topological polar surface area (TPSA) is 99.2 Å². The fourth-order valence-corrected chi connectivity index (χ4v) is 1.48. The minimum atomic E-state index is -0.731. The Hall–Kier alpha value is -1.48. The molecule has 9 heteroatoms. The van der Waals surface area contributed by atoms with Crippen LogP contribution >= 0.6 is 15.9 Å². The van der Waals surface area contributed by atoms with E-state index < -0.39 is 23.8 Å². The molecule has 0 aromatic carbocycles. The van der Waals surface area contributed by atoms with Crippen LogP contribution in [0, 0.1) is 0 Å². The molecule has 0 unspecified atom stereocenters. The van der Waals surface area contributed by atoms with Gasteiger partial charge in [0.25, 0.3) is 11.8 Å². The Morgan fingerprint density at radius 2 is 1.70 bits per heavy atom. The first-order valence-corrected chi connectivity index (χ1v) is 7.02. The molecule has 1 aliphatic rings. The van der Waals surface area contributed by atoms with Crippen LogP contribution in [-0.4, -0.2) is 54.0 Å². The summed E-state index contributed by atoms with van der Waals surface area (Å²) in [6.45, 7) is 0.275. The van der Waals surface area contributed by atoms with Crippen LogP contribution in [0.15, 0.2) is 0 Å². The van der Waals surface area contributed by atoms with Crippen molar-refractivity contribution in [3.05, 3.63) is 0 Å². The van der Waals surface area contributed by atoms with E-state index in [1.54, 1.807) is 0 Å². The Morgan fingerprint density at radius 3 is 2.30 bits per heavy atom. The zero-order valence-electron chi connectivity index (χ0n) is 10.6. The molecule has 0 aromatic rings. The summed E-state index contributed by atoms with van der Waals surface area (Å²) < 4.78 is 9.75. The van der Waals surface area contributed by atoms with Crippen molar-refractivity contribution in [3.63, 3.8) is 0 Å². The van der Waals surface area contributed by atoms with Crippen LogP contribution in [0.5, 0.6) is 0 Å². The third-order valence-electron chi connectivity index (χ3n) is 2.25. The Morgan fingerprint density at radius 1 is 1.05 bits per heavy atom. The van der Waals surface area contributed by atoms with Crippen molar-refractivity contribution in [2.45, 2.75) is 19.3 Å². The Balaban J connectivity index is 2.07. The lowest BCUT2D eigenvalue weighted by Gasteiger charge is -2.12. The van der Waals surface area contributed by atoms with Crippen molar-refractivity contribution in [1.29, 1.82) is 0 Å². The zero-order valence-corrected chi connectivity index (χ0v) is 12.2. The number of imide groups is 1. The van der Waals surface area contributed by atoms with Crippen LogP contribution in [0.25, 0.3) is 0 Å². The maximum absolute atomic E-state index is 11.3. The average Bonchev–Trinajstić information content (AvgIpc) is 2.74. The van der Waals surface area contributed by atoms with Crippen LogP contribution in [0.3, 0.4) is 0 Å². The van der Waals surface area contributed by atoms with E-state index in [1.807, 2.05) is 0 Å². The number of carbonyl (C=O) groups is 4. The standard InChI is InChI=1S/C11H14BrNO7/c12-7-11(17)19-6-5-18-4-3-10(16)20-13-8(14)1-2-9(13)15/h1-7H2. The first kappa shape index (κ1) is 16.6. The van der Waals surface area contributed by atoms with Gasteiger partial charge in [-0.2, -0.15) is 0 Å². The number of hydroxylamine groups is 2. The number of rotatable bonds is 8. The number of amides is 2. The normalized spacial score (nSPS) is 14.6. The van der Waals surface area contributed by atoms with Crippen LogP contribution in [0.1, 0.15) is 19.3 Å². The van der Waals surface area contributed by atoms with Crippen molar-refractivity contribution in [2.75, 3.05) is 25.2 Å². The third-order valence-corrected chi connectivity index (χ3v) is 2.71. The van der Waals surface area contributed by atoms with Gasteiger partial charge in [-0.3, -0.25) is 14.4 Å². The number of hydrogen-bond donors (Lipinski definition) is 0. The minimum Gasteiger partial charge on any atom is -0.463 e. The van der Waals surface area contributed by atoms with E-state index in [-0.39, 0.29) is 44.4 Å². The third kappa shape index (κ3) is 5.66. The summed E-state index contributed by atoms with van der Waals surface area (Å²) in [7, 11) is 0. The van der Waals surface area contributed by atoms with E-state index >= 15 is 0 Å². The van der Waals surface area contributed by atoms with Crippen LogP contribution in [0.4, 0.5) is 0 Å². The second-order valence-corrected chi connectivity index (χ2v) is 4.32. The molecule has 0 saturated carbocycles. The Labute approximate surface area is 123 Å². The molecule has 0 atom stereocenters. The molecule has 1 heterocycles. The summed E-state index contributed by atoms with van der Waals surface area (Å²) in [5.41, 5.74) is 0. The summed E-state index contributed by atoms with van der Waals surface area (Å²) in [6.07, 6.45) is 0.00650. The highest BCUT2D eigenvalue weighted by atomic mass is 79.9. The van der Waals surface area contributed by atoms with E-state index in [0.29, 0.717) is 5.06 Å². The van der Waals surface area contributed by atoms with Gasteiger partial charge in [0.05, 0.1) is 19.6 Å². The lowest BCUT2D eigenvalue weighted by atomic mass is 10.4. The Bertz CT molecular complexity index is 382. The molecule has 1 aliphatic heterocycles. The molecule has 1 fully saturated rings. The number of esters is 1. The molecule has 112 valence electrons. The summed E-state index contributed by atoms with van der Waals surface area (Å²) in [4.78, 5) is 49.0. The van der Waals surface area contributed by atoms with Crippen LogP contribution < -0.4 is 0 Å². The molecule has 20 heavy (non-hydrogen) atoms. The average molecular weight is 352 g/mol. The number of nitrogens with zero attached hydrogens (tertiary/aromatic N) is 1. The van der Waals surface area contributed by atoms with E-state index in [1.165, 1.54) is 0 Å². The van der Waals surface area contributed by atoms with E-state index in [2.05, 4.69) is 20.8 Å². The maximum Gasteiger partial charge on any atom is 0.335 e. The van der Waals surface area contributed by atoms with E-state index in [4.69, 9.17) is 9.47 Å². The largest absolute Gasteiger partial charge is 0.463 e. The second-order valence-electron chi connectivity index (χ2n) is 3.76. The zero-order chi connectivity index (χ0) is 15.0. The first-order chi connectivity index (χ1) is 9.54. The van der Waals surface area contributed by atoms with Crippen molar-refractivity contribution in [2.24, 2.45) is 0 Å². The number of ether oxygens (including phenoxy) is 2. The summed E-state index contributed by atoms with van der Waals surface area (Å²) in [6, 6.07) is 0. The molecule has 0 aliphatic carbocycles. The molecule has 1 rings (SSSR count). The maximum atomic E-state index is 11.3. The van der Waals surface area contributed by atoms with E-state index in [9.17, 15) is 19.2 Å². The fourth-order valence-electron chi connectivity index (χ4n) is 1.32. The predicted octanol–water partition coefficient (Wildman–Crippen LogP) is -0.0616. The quantitative estimate of drug-likeness (QED) is 0.261. The highest BCUT2D eigenvalue weighted by Crippen LogP contribution is 2.12. The first-order valence-electron chi connectivity index (χ1n) is 5.90. The van der Waals surface area contributed by atoms with Crippen LogP contribution in [-0.2, 0) is 33.5 Å². The summed E-state index contributed by atoms with van der Waals surface area (Å²) >= 11 is 2.93. The molecule has 0 N–H and O–H groups in total. The van der Waals surface area contributed by atoms with Crippen molar-refractivity contribution in [3.8, 4) is 0 Å². The second kappa shape index (κ2) is 8.64. The predicted molar refractivity (Wildman–Crippen MR) is 67.4 cm³/mol. The molecule has 0 aromatic heterocycles. The Kier molecular flexibility index (Phi) is 7.16. The SMILES string of the molecule is O=C(CBr)OCCOCCC(=O)ON1C(=O)CCC1=O. The van der Waals surface area contributed by atoms with Gasteiger partial charge in [-0.1, -0.05) is 15.9 Å². The summed E-state index contributed by atoms with van der Waals surface area (Å²) in [5.74, 6) is -2.18. The molecule has 8 nitrogen and oxygen atoms in total. The molecule has 2 amide bonds. The highest BCUT2D eigenvalue weighted by molar-refractivity contribution is 9.09. The number of carbonyl (C=O) groups excluding carboxylic acids is 4. The molecule has 1 saturated heterocycles. The fraction of sp³-hybridized carbons (Fsp3) is 0.636. The molecular formula is C11H14BrNO7. The molecular weight excluding hydrogens is 338 g/mol. The van der Waals surface area contributed by atoms with Gasteiger partial charge in [0.1, 0.15) is 11.9 Å². The van der Waals surface area contributed by atoms with Gasteiger partial charge >= 0.3 is 11.9 Å². The van der Waals surface area contributed by atoms with Crippen LogP contribution in [0.2, 0.25) is 0 Å². The van der Waals surface area contributed by atoms with Gasteiger partial charge < -0.3 is 14.3 Å². The summed E-state index contributed by atoms with van der Waals surface area (Å²) in [5, 5.41) is 0.595. The lowest BCUT2D eigenvalue weighted by Crippen LogP contribution is -2.32. The highest BCUT2D eigenvalue weighted by Gasteiger charge is 2.32. The number of hydrogen-bond acceptors (Lipinski definition) is 7. The van der Waals surface area contributed by atoms with E-state index in [0.717, 1.165) is 0 Å². The van der Waals surface area contributed by atoms with Gasteiger partial charge in [0.2, 0.25) is 0 Å².